The van der Waals surface area contributed by atoms with Gasteiger partial charge in [0.2, 0.25) is 0 Å². The first kappa shape index (κ1) is 30.6. The zero-order chi connectivity index (χ0) is 28.3. The Labute approximate surface area is 258 Å². The van der Waals surface area contributed by atoms with Crippen molar-refractivity contribution in [3.05, 3.63) is 65.8 Å². The first-order chi connectivity index (χ1) is 18.6. The molecule has 6 nitrogen and oxygen atoms in total. The molecule has 0 aromatic carbocycles. The van der Waals surface area contributed by atoms with Crippen LogP contribution in [0.1, 0.15) is 149 Å². The minimum atomic E-state index is 0.516. The standard InChI is InChI=1S/3C10H13BrN2/c1-6(2)9-8(7-3-4-7)5-12-13-10(9)11;1-6(2)8-5-12-13-10(11)9(8)7-3-4-7;1-6(2)8-5-9(7-3-4-7)12-13-10(8)11/h3*5-7H,3-4H2,1-2H3. The summed E-state index contributed by atoms with van der Waals surface area (Å²) < 4.78 is 2.76. The lowest BCUT2D eigenvalue weighted by atomic mass is 9.98. The monoisotopic (exact) mass is 720 g/mol. The molecule has 0 unspecified atom stereocenters. The summed E-state index contributed by atoms with van der Waals surface area (Å²) >= 11 is 10.4. The van der Waals surface area contributed by atoms with Crippen LogP contribution >= 0.6 is 47.8 Å². The van der Waals surface area contributed by atoms with Gasteiger partial charge in [0.15, 0.2) is 0 Å². The zero-order valence-corrected chi connectivity index (χ0v) is 28.5. The smallest absolute Gasteiger partial charge is 0.132 e. The van der Waals surface area contributed by atoms with Gasteiger partial charge in [0, 0.05) is 5.92 Å². The van der Waals surface area contributed by atoms with Crippen LogP contribution in [0.2, 0.25) is 0 Å². The van der Waals surface area contributed by atoms with Crippen molar-refractivity contribution in [1.29, 1.82) is 0 Å². The normalized spacial score (nSPS) is 16.6. The number of halogens is 3. The average Bonchev–Trinajstić information content (AvgIpc) is 3.75. The molecule has 0 aliphatic heterocycles. The summed E-state index contributed by atoms with van der Waals surface area (Å²) in [5, 5.41) is 24.4. The molecule has 3 aliphatic carbocycles. The van der Waals surface area contributed by atoms with E-state index in [1.807, 2.05) is 12.4 Å². The van der Waals surface area contributed by atoms with E-state index in [0.29, 0.717) is 23.7 Å². The lowest BCUT2D eigenvalue weighted by Crippen LogP contribution is -2.00. The Hall–Kier alpha value is -1.32. The maximum atomic E-state index is 4.19. The van der Waals surface area contributed by atoms with Crippen LogP contribution in [0.25, 0.3) is 0 Å². The molecule has 3 aliphatic rings. The van der Waals surface area contributed by atoms with E-state index in [1.165, 1.54) is 72.0 Å². The fourth-order valence-corrected chi connectivity index (χ4v) is 6.76. The second kappa shape index (κ2) is 13.6. The molecule has 3 saturated carbocycles. The Balaban J connectivity index is 0.000000136. The van der Waals surface area contributed by atoms with Crippen molar-refractivity contribution in [2.75, 3.05) is 0 Å². The van der Waals surface area contributed by atoms with E-state index < -0.39 is 0 Å². The summed E-state index contributed by atoms with van der Waals surface area (Å²) in [5.41, 5.74) is 7.94. The quantitative estimate of drug-likeness (QED) is 0.252. The summed E-state index contributed by atoms with van der Waals surface area (Å²) in [5.74, 6) is 3.77. The molecule has 9 heteroatoms. The average molecular weight is 723 g/mol. The maximum Gasteiger partial charge on any atom is 0.132 e. The lowest BCUT2D eigenvalue weighted by Gasteiger charge is -2.12. The summed E-state index contributed by atoms with van der Waals surface area (Å²) in [6.45, 7) is 13.2. The molecule has 39 heavy (non-hydrogen) atoms. The molecular formula is C30H39Br3N6. The molecule has 0 spiro atoms. The predicted molar refractivity (Wildman–Crippen MR) is 167 cm³/mol. The van der Waals surface area contributed by atoms with Crippen LogP contribution in [-0.4, -0.2) is 30.6 Å². The minimum Gasteiger partial charge on any atom is -0.158 e. The number of rotatable bonds is 6. The number of hydrogen-bond acceptors (Lipinski definition) is 6. The van der Waals surface area contributed by atoms with Crippen LogP contribution in [0.5, 0.6) is 0 Å². The molecule has 0 bridgehead atoms. The number of aromatic nitrogens is 6. The topological polar surface area (TPSA) is 77.3 Å². The number of nitrogens with zero attached hydrogens (tertiary/aromatic N) is 6. The van der Waals surface area contributed by atoms with Gasteiger partial charge in [0.05, 0.1) is 18.1 Å². The van der Waals surface area contributed by atoms with Gasteiger partial charge in [-0.25, -0.2) is 0 Å². The summed E-state index contributed by atoms with van der Waals surface area (Å²) in [4.78, 5) is 0. The fourth-order valence-electron chi connectivity index (χ4n) is 4.69. The van der Waals surface area contributed by atoms with E-state index in [-0.39, 0.29) is 0 Å². The van der Waals surface area contributed by atoms with Gasteiger partial charge in [-0.2, -0.15) is 15.3 Å². The van der Waals surface area contributed by atoms with Crippen molar-refractivity contribution in [2.45, 2.75) is 116 Å². The van der Waals surface area contributed by atoms with E-state index in [9.17, 15) is 0 Å². The molecule has 210 valence electrons. The Kier molecular flexibility index (Phi) is 10.7. The third-order valence-electron chi connectivity index (χ3n) is 7.37. The summed E-state index contributed by atoms with van der Waals surface area (Å²) in [6, 6.07) is 2.19. The van der Waals surface area contributed by atoms with Gasteiger partial charge in [-0.15, -0.1) is 15.3 Å². The number of hydrogen-bond donors (Lipinski definition) is 0. The lowest BCUT2D eigenvalue weighted by molar-refractivity contribution is 0.798. The largest absolute Gasteiger partial charge is 0.158 e. The van der Waals surface area contributed by atoms with Gasteiger partial charge in [-0.05, 0) is 150 Å². The van der Waals surface area contributed by atoms with E-state index in [0.717, 1.165) is 25.6 Å². The van der Waals surface area contributed by atoms with Crippen molar-refractivity contribution in [3.8, 4) is 0 Å². The fraction of sp³-hybridized carbons (Fsp3) is 0.600. The van der Waals surface area contributed by atoms with Gasteiger partial charge in [-0.1, -0.05) is 41.5 Å². The summed E-state index contributed by atoms with van der Waals surface area (Å²) in [6.07, 6.45) is 11.7. The molecule has 3 aromatic rings. The zero-order valence-electron chi connectivity index (χ0n) is 23.8. The molecule has 3 aromatic heterocycles. The molecule has 3 heterocycles. The molecule has 0 amide bonds. The van der Waals surface area contributed by atoms with Gasteiger partial charge in [-0.3, -0.25) is 0 Å². The minimum absolute atomic E-state index is 0.516. The van der Waals surface area contributed by atoms with E-state index in [4.69, 9.17) is 0 Å². The van der Waals surface area contributed by atoms with Crippen LogP contribution in [-0.2, 0) is 0 Å². The highest BCUT2D eigenvalue weighted by Gasteiger charge is 2.30. The van der Waals surface area contributed by atoms with E-state index in [1.54, 1.807) is 0 Å². The van der Waals surface area contributed by atoms with Gasteiger partial charge in [0.25, 0.3) is 0 Å². The van der Waals surface area contributed by atoms with Crippen LogP contribution in [0.4, 0.5) is 0 Å². The van der Waals surface area contributed by atoms with Crippen LogP contribution in [0, 0.1) is 0 Å². The molecular weight excluding hydrogens is 684 g/mol. The van der Waals surface area contributed by atoms with Gasteiger partial charge < -0.3 is 0 Å². The highest BCUT2D eigenvalue weighted by molar-refractivity contribution is 9.11. The van der Waals surface area contributed by atoms with Crippen LogP contribution in [0.15, 0.2) is 32.3 Å². The highest BCUT2D eigenvalue weighted by atomic mass is 79.9. The first-order valence-electron chi connectivity index (χ1n) is 14.1. The molecule has 0 N–H and O–H groups in total. The predicted octanol–water partition coefficient (Wildman–Crippen LogP) is 9.72. The van der Waals surface area contributed by atoms with E-state index in [2.05, 4.69) is 126 Å². The third kappa shape index (κ3) is 8.35. The molecule has 0 radical (unpaired) electrons. The Morgan fingerprint density at radius 1 is 0.590 bits per heavy atom. The van der Waals surface area contributed by atoms with Gasteiger partial charge in [0.1, 0.15) is 13.8 Å². The molecule has 6 rings (SSSR count). The van der Waals surface area contributed by atoms with Crippen molar-refractivity contribution in [2.24, 2.45) is 0 Å². The Morgan fingerprint density at radius 2 is 1.15 bits per heavy atom. The second-order valence-electron chi connectivity index (χ2n) is 11.8. The first-order valence-corrected chi connectivity index (χ1v) is 16.5. The van der Waals surface area contributed by atoms with Gasteiger partial charge >= 0.3 is 0 Å². The van der Waals surface area contributed by atoms with Crippen molar-refractivity contribution >= 4 is 47.8 Å². The highest BCUT2D eigenvalue weighted by Crippen LogP contribution is 2.46. The molecule has 3 fully saturated rings. The SMILES string of the molecule is CC(C)c1c(C2CC2)cnnc1Br.CC(C)c1cc(C2CC2)nnc1Br.CC(C)c1cnnc(Br)c1C1CC1. The Morgan fingerprint density at radius 3 is 1.69 bits per heavy atom. The van der Waals surface area contributed by atoms with E-state index >= 15 is 0 Å². The second-order valence-corrected chi connectivity index (χ2v) is 14.1. The summed E-state index contributed by atoms with van der Waals surface area (Å²) in [7, 11) is 0. The van der Waals surface area contributed by atoms with Crippen LogP contribution < -0.4 is 0 Å². The van der Waals surface area contributed by atoms with Crippen LogP contribution in [0.3, 0.4) is 0 Å². The van der Waals surface area contributed by atoms with Crippen molar-refractivity contribution < 1.29 is 0 Å². The van der Waals surface area contributed by atoms with Crippen molar-refractivity contribution in [1.82, 2.24) is 30.6 Å². The Bertz CT molecular complexity index is 1220. The third-order valence-corrected chi connectivity index (χ3v) is 9.15. The van der Waals surface area contributed by atoms with Crippen molar-refractivity contribution in [3.63, 3.8) is 0 Å². The molecule has 0 saturated heterocycles. The molecule has 0 atom stereocenters. The maximum absolute atomic E-state index is 4.19.